The minimum Gasteiger partial charge on any atom is -0.494 e. The van der Waals surface area contributed by atoms with Gasteiger partial charge in [-0.3, -0.25) is 0 Å². The molecule has 2 N–H and O–H groups in total. The number of hydrogen-bond donors (Lipinski definition) is 2. The molecule has 3 rings (SSSR count). The number of aromatic amines is 1. The van der Waals surface area contributed by atoms with Crippen molar-refractivity contribution in [3.63, 3.8) is 0 Å². The van der Waals surface area contributed by atoms with E-state index in [-0.39, 0.29) is 11.6 Å². The lowest BCUT2D eigenvalue weighted by atomic mass is 10.2. The van der Waals surface area contributed by atoms with Gasteiger partial charge in [0, 0.05) is 22.7 Å². The van der Waals surface area contributed by atoms with E-state index in [1.807, 2.05) is 24.3 Å². The number of anilines is 1. The highest BCUT2D eigenvalue weighted by molar-refractivity contribution is 6.36. The lowest BCUT2D eigenvalue weighted by molar-refractivity contribution is 0.387. The number of rotatable bonds is 4. The van der Waals surface area contributed by atoms with Crippen LogP contribution < -0.4 is 10.1 Å². The smallest absolute Gasteiger partial charge is 0.165 e. The maximum atomic E-state index is 13.4. The third-order valence-electron chi connectivity index (χ3n) is 3.33. The fourth-order valence-corrected chi connectivity index (χ4v) is 2.52. The number of methoxy groups -OCH3 is 1. The Balaban J connectivity index is 1.82. The zero-order valence-corrected chi connectivity index (χ0v) is 12.2. The van der Waals surface area contributed by atoms with Crippen LogP contribution in [-0.4, -0.2) is 12.1 Å². The van der Waals surface area contributed by atoms with E-state index in [0.717, 1.165) is 22.3 Å². The molecular weight excluding hydrogens is 291 g/mol. The topological polar surface area (TPSA) is 37.0 Å². The van der Waals surface area contributed by atoms with E-state index < -0.39 is 0 Å². The van der Waals surface area contributed by atoms with Gasteiger partial charge in [0.25, 0.3) is 0 Å². The summed E-state index contributed by atoms with van der Waals surface area (Å²) in [5.74, 6) is -0.172. The van der Waals surface area contributed by atoms with Gasteiger partial charge in [-0.05, 0) is 18.2 Å². The third kappa shape index (κ3) is 2.67. The Morgan fingerprint density at radius 2 is 2.05 bits per heavy atom. The van der Waals surface area contributed by atoms with Crippen molar-refractivity contribution in [2.45, 2.75) is 6.54 Å². The van der Waals surface area contributed by atoms with Crippen molar-refractivity contribution in [3.05, 3.63) is 59.0 Å². The summed E-state index contributed by atoms with van der Waals surface area (Å²) in [4.78, 5) is 3.27. The quantitative estimate of drug-likeness (QED) is 0.740. The molecule has 0 radical (unpaired) electrons. The Hall–Kier alpha value is -2.20. The summed E-state index contributed by atoms with van der Waals surface area (Å²) in [6.07, 6.45) is 0. The normalized spacial score (nSPS) is 10.8. The summed E-state index contributed by atoms with van der Waals surface area (Å²) >= 11 is 6.35. The number of ether oxygens (including phenoxy) is 1. The molecule has 21 heavy (non-hydrogen) atoms. The number of nitrogens with one attached hydrogen (secondary N) is 2. The second kappa shape index (κ2) is 5.66. The highest BCUT2D eigenvalue weighted by Gasteiger charge is 2.09. The van der Waals surface area contributed by atoms with Crippen LogP contribution in [0.3, 0.4) is 0 Å². The van der Waals surface area contributed by atoms with E-state index in [9.17, 15) is 4.39 Å². The molecule has 0 spiro atoms. The summed E-state index contributed by atoms with van der Waals surface area (Å²) in [6.45, 7) is 0.516. The van der Waals surface area contributed by atoms with Crippen molar-refractivity contribution >= 4 is 28.2 Å². The molecule has 0 aliphatic heterocycles. The largest absolute Gasteiger partial charge is 0.494 e. The minimum absolute atomic E-state index is 0.211. The van der Waals surface area contributed by atoms with E-state index in [1.54, 1.807) is 12.1 Å². The molecule has 0 aliphatic rings. The van der Waals surface area contributed by atoms with Gasteiger partial charge in [-0.2, -0.15) is 0 Å². The zero-order chi connectivity index (χ0) is 14.8. The van der Waals surface area contributed by atoms with Crippen LogP contribution in [0.4, 0.5) is 10.1 Å². The molecule has 0 unspecified atom stereocenters. The Morgan fingerprint density at radius 1 is 1.24 bits per heavy atom. The third-order valence-corrected chi connectivity index (χ3v) is 3.77. The molecule has 108 valence electrons. The highest BCUT2D eigenvalue weighted by atomic mass is 35.5. The number of fused-ring (bicyclic) bond motifs is 1. The number of halogens is 2. The first-order valence-corrected chi connectivity index (χ1v) is 6.89. The van der Waals surface area contributed by atoms with E-state index in [0.29, 0.717) is 11.6 Å². The molecule has 0 atom stereocenters. The molecule has 1 aromatic heterocycles. The van der Waals surface area contributed by atoms with Gasteiger partial charge in [-0.15, -0.1) is 0 Å². The fourth-order valence-electron chi connectivity index (χ4n) is 2.25. The number of H-pyrrole nitrogens is 1. The number of para-hydroxylation sites is 1. The molecule has 0 amide bonds. The first-order valence-electron chi connectivity index (χ1n) is 6.51. The fraction of sp³-hybridized carbons (Fsp3) is 0.125. The molecule has 2 aromatic carbocycles. The number of aromatic nitrogens is 1. The molecule has 0 bridgehead atoms. The standard InChI is InChI=1S/C16H14ClFN2O/c1-21-15-8-10(6-7-12(15)18)19-9-14-16(17)11-4-2-3-5-13(11)20-14/h2-8,19-20H,9H2,1H3. The summed E-state index contributed by atoms with van der Waals surface area (Å²) in [6, 6.07) is 12.5. The molecule has 0 fully saturated rings. The Kier molecular flexibility index (Phi) is 3.71. The lowest BCUT2D eigenvalue weighted by Crippen LogP contribution is -2.01. The van der Waals surface area contributed by atoms with Gasteiger partial charge in [0.1, 0.15) is 0 Å². The van der Waals surface area contributed by atoms with E-state index in [1.165, 1.54) is 13.2 Å². The van der Waals surface area contributed by atoms with Crippen molar-refractivity contribution in [1.82, 2.24) is 4.98 Å². The SMILES string of the molecule is COc1cc(NCc2[nH]c3ccccc3c2Cl)ccc1F. The van der Waals surface area contributed by atoms with Crippen molar-refractivity contribution in [1.29, 1.82) is 0 Å². The van der Waals surface area contributed by atoms with Crippen LogP contribution in [0.5, 0.6) is 5.75 Å². The van der Waals surface area contributed by atoms with Crippen molar-refractivity contribution < 1.29 is 9.13 Å². The second-order valence-electron chi connectivity index (χ2n) is 4.67. The maximum Gasteiger partial charge on any atom is 0.165 e. The second-order valence-corrected chi connectivity index (χ2v) is 5.04. The number of benzene rings is 2. The van der Waals surface area contributed by atoms with Gasteiger partial charge in [0.15, 0.2) is 11.6 Å². The van der Waals surface area contributed by atoms with Gasteiger partial charge >= 0.3 is 0 Å². The molecule has 5 heteroatoms. The first kappa shape index (κ1) is 13.8. The predicted molar refractivity (Wildman–Crippen MR) is 83.6 cm³/mol. The molecule has 0 aliphatic carbocycles. The van der Waals surface area contributed by atoms with E-state index in [4.69, 9.17) is 16.3 Å². The highest BCUT2D eigenvalue weighted by Crippen LogP contribution is 2.28. The first-order chi connectivity index (χ1) is 10.2. The van der Waals surface area contributed by atoms with Crippen molar-refractivity contribution in [2.24, 2.45) is 0 Å². The van der Waals surface area contributed by atoms with Crippen LogP contribution in [0.15, 0.2) is 42.5 Å². The molecule has 0 saturated carbocycles. The van der Waals surface area contributed by atoms with Crippen molar-refractivity contribution in [2.75, 3.05) is 12.4 Å². The zero-order valence-electron chi connectivity index (χ0n) is 11.4. The lowest BCUT2D eigenvalue weighted by Gasteiger charge is -2.08. The summed E-state index contributed by atoms with van der Waals surface area (Å²) in [5, 5.41) is 4.90. The molecular formula is C16H14ClFN2O. The average Bonchev–Trinajstić information content (AvgIpc) is 2.83. The molecule has 1 heterocycles. The van der Waals surface area contributed by atoms with Crippen LogP contribution in [0.2, 0.25) is 5.02 Å². The molecule has 0 saturated heterocycles. The molecule has 3 aromatic rings. The van der Waals surface area contributed by atoms with Gasteiger partial charge < -0.3 is 15.0 Å². The van der Waals surface area contributed by atoms with E-state index >= 15 is 0 Å². The summed E-state index contributed by atoms with van der Waals surface area (Å²) in [7, 11) is 1.44. The van der Waals surface area contributed by atoms with Crippen LogP contribution in [0, 0.1) is 5.82 Å². The maximum absolute atomic E-state index is 13.4. The Labute approximate surface area is 126 Å². The van der Waals surface area contributed by atoms with Crippen LogP contribution in [0.1, 0.15) is 5.69 Å². The van der Waals surface area contributed by atoms with Crippen LogP contribution >= 0.6 is 11.6 Å². The van der Waals surface area contributed by atoms with E-state index in [2.05, 4.69) is 10.3 Å². The monoisotopic (exact) mass is 304 g/mol. The van der Waals surface area contributed by atoms with Gasteiger partial charge in [0.05, 0.1) is 24.4 Å². The van der Waals surface area contributed by atoms with Gasteiger partial charge in [-0.25, -0.2) is 4.39 Å². The minimum atomic E-state index is -0.383. The van der Waals surface area contributed by atoms with Crippen LogP contribution in [-0.2, 0) is 6.54 Å². The van der Waals surface area contributed by atoms with Gasteiger partial charge in [-0.1, -0.05) is 29.8 Å². The predicted octanol–water partition coefficient (Wildman–Crippen LogP) is 4.58. The average molecular weight is 305 g/mol. The molecule has 3 nitrogen and oxygen atoms in total. The van der Waals surface area contributed by atoms with Crippen molar-refractivity contribution in [3.8, 4) is 5.75 Å². The Bertz CT molecular complexity index is 785. The number of hydrogen-bond acceptors (Lipinski definition) is 2. The van der Waals surface area contributed by atoms with Gasteiger partial charge in [0.2, 0.25) is 0 Å². The summed E-state index contributed by atoms with van der Waals surface area (Å²) < 4.78 is 18.3. The summed E-state index contributed by atoms with van der Waals surface area (Å²) in [5.41, 5.74) is 2.65. The Morgan fingerprint density at radius 3 is 2.81 bits per heavy atom. The van der Waals surface area contributed by atoms with Crippen LogP contribution in [0.25, 0.3) is 10.9 Å².